The lowest BCUT2D eigenvalue weighted by atomic mass is 9.86. The van der Waals surface area contributed by atoms with Crippen LogP contribution in [0.4, 0.5) is 18.9 Å². The minimum absolute atomic E-state index is 0.00755. The topological polar surface area (TPSA) is 85.4 Å². The summed E-state index contributed by atoms with van der Waals surface area (Å²) in [5.41, 5.74) is -0.580. The normalized spacial score (nSPS) is 12.3. The van der Waals surface area contributed by atoms with E-state index in [0.717, 1.165) is 30.1 Å². The van der Waals surface area contributed by atoms with Gasteiger partial charge in [-0.15, -0.1) is 0 Å². The highest BCUT2D eigenvalue weighted by Crippen LogP contribution is 2.38. The summed E-state index contributed by atoms with van der Waals surface area (Å²) in [6.45, 7) is 5.72. The van der Waals surface area contributed by atoms with Gasteiger partial charge in [-0.2, -0.15) is 13.2 Å². The molecular formula is C24H23F3N2O4S. The van der Waals surface area contributed by atoms with Crippen LogP contribution in [0.15, 0.2) is 65.7 Å². The Morgan fingerprint density at radius 2 is 1.71 bits per heavy atom. The van der Waals surface area contributed by atoms with Gasteiger partial charge in [-0.1, -0.05) is 32.9 Å². The summed E-state index contributed by atoms with van der Waals surface area (Å²) in [6, 6.07) is 12.2. The summed E-state index contributed by atoms with van der Waals surface area (Å²) >= 11 is 0. The summed E-state index contributed by atoms with van der Waals surface area (Å²) in [6.07, 6.45) is -2.51. The van der Waals surface area contributed by atoms with Crippen LogP contribution >= 0.6 is 0 Å². The van der Waals surface area contributed by atoms with Crippen molar-refractivity contribution >= 4 is 21.4 Å². The van der Waals surface area contributed by atoms with Crippen LogP contribution in [0, 0.1) is 0 Å². The van der Waals surface area contributed by atoms with Crippen molar-refractivity contribution in [2.75, 3.05) is 11.6 Å². The zero-order chi connectivity index (χ0) is 25.3. The lowest BCUT2D eigenvalue weighted by Crippen LogP contribution is -2.16. The first kappa shape index (κ1) is 25.2. The number of anilines is 1. The van der Waals surface area contributed by atoms with Crippen LogP contribution < -0.4 is 10.1 Å². The monoisotopic (exact) mass is 492 g/mol. The van der Waals surface area contributed by atoms with E-state index in [4.69, 9.17) is 4.74 Å². The fraction of sp³-hybridized carbons (Fsp3) is 0.250. The molecule has 0 unspecified atom stereocenters. The van der Waals surface area contributed by atoms with Crippen LogP contribution in [-0.4, -0.2) is 25.6 Å². The van der Waals surface area contributed by atoms with Crippen LogP contribution in [0.25, 0.3) is 0 Å². The van der Waals surface area contributed by atoms with E-state index in [-0.39, 0.29) is 27.3 Å². The number of aromatic nitrogens is 1. The maximum absolute atomic E-state index is 13.5. The number of hydrogen-bond acceptors (Lipinski definition) is 5. The number of rotatable bonds is 5. The Bertz CT molecular complexity index is 1330. The Balaban J connectivity index is 2.04. The molecule has 0 radical (unpaired) electrons. The Morgan fingerprint density at radius 3 is 2.32 bits per heavy atom. The van der Waals surface area contributed by atoms with Crippen LogP contribution in [0.5, 0.6) is 11.6 Å². The Morgan fingerprint density at radius 1 is 1.00 bits per heavy atom. The molecule has 1 N–H and O–H groups in total. The molecular weight excluding hydrogens is 469 g/mol. The van der Waals surface area contributed by atoms with Gasteiger partial charge >= 0.3 is 6.18 Å². The van der Waals surface area contributed by atoms with Gasteiger partial charge in [-0.3, -0.25) is 4.79 Å². The number of alkyl halides is 3. The lowest BCUT2D eigenvalue weighted by molar-refractivity contribution is -0.138. The van der Waals surface area contributed by atoms with Crippen molar-refractivity contribution < 1.29 is 31.1 Å². The minimum Gasteiger partial charge on any atom is -0.438 e. The zero-order valence-electron chi connectivity index (χ0n) is 18.9. The van der Waals surface area contributed by atoms with E-state index < -0.39 is 33.4 Å². The van der Waals surface area contributed by atoms with E-state index in [2.05, 4.69) is 10.3 Å². The third-order valence-electron chi connectivity index (χ3n) is 4.90. The minimum atomic E-state index is -4.71. The van der Waals surface area contributed by atoms with Crippen molar-refractivity contribution in [1.29, 1.82) is 0 Å². The number of carbonyl (C=O) groups is 1. The largest absolute Gasteiger partial charge is 0.438 e. The molecule has 0 atom stereocenters. The highest BCUT2D eigenvalue weighted by molar-refractivity contribution is 7.90. The predicted molar refractivity (Wildman–Crippen MR) is 122 cm³/mol. The van der Waals surface area contributed by atoms with Gasteiger partial charge in [0.05, 0.1) is 10.5 Å². The molecule has 2 aromatic carbocycles. The third kappa shape index (κ3) is 5.93. The molecule has 1 aromatic heterocycles. The molecule has 0 aliphatic rings. The second-order valence-electron chi connectivity index (χ2n) is 8.67. The van der Waals surface area contributed by atoms with E-state index >= 15 is 0 Å². The van der Waals surface area contributed by atoms with Gasteiger partial charge in [0.25, 0.3) is 5.91 Å². The Hall–Kier alpha value is -3.40. The number of halogens is 3. The van der Waals surface area contributed by atoms with E-state index in [0.29, 0.717) is 0 Å². The van der Waals surface area contributed by atoms with Crippen LogP contribution in [0.1, 0.15) is 42.3 Å². The zero-order valence-corrected chi connectivity index (χ0v) is 19.7. The maximum atomic E-state index is 13.5. The van der Waals surface area contributed by atoms with Gasteiger partial charge in [0.1, 0.15) is 11.3 Å². The van der Waals surface area contributed by atoms with E-state index in [1.807, 2.05) is 20.8 Å². The SMILES string of the molecule is CC(C)(C)c1ccc(C(=O)Nc2cccc(S(C)(=O)=O)c2)c(Oc2ncccc2C(F)(F)F)c1. The molecule has 10 heteroatoms. The average Bonchev–Trinajstić information content (AvgIpc) is 2.72. The van der Waals surface area contributed by atoms with Gasteiger partial charge in [0.2, 0.25) is 5.88 Å². The summed E-state index contributed by atoms with van der Waals surface area (Å²) in [7, 11) is -3.51. The van der Waals surface area contributed by atoms with Crippen LogP contribution in [0.2, 0.25) is 0 Å². The molecule has 0 aliphatic carbocycles. The van der Waals surface area contributed by atoms with Crippen molar-refractivity contribution in [3.8, 4) is 11.6 Å². The van der Waals surface area contributed by atoms with Gasteiger partial charge in [0.15, 0.2) is 9.84 Å². The van der Waals surface area contributed by atoms with E-state index in [9.17, 15) is 26.4 Å². The Kier molecular flexibility index (Phi) is 6.75. The lowest BCUT2D eigenvalue weighted by Gasteiger charge is -2.21. The van der Waals surface area contributed by atoms with Crippen molar-refractivity contribution in [3.63, 3.8) is 0 Å². The first-order valence-corrected chi connectivity index (χ1v) is 12.0. The highest BCUT2D eigenvalue weighted by atomic mass is 32.2. The number of nitrogens with zero attached hydrogens (tertiary/aromatic N) is 1. The summed E-state index contributed by atoms with van der Waals surface area (Å²) in [5, 5.41) is 2.57. The van der Waals surface area contributed by atoms with Gasteiger partial charge in [0, 0.05) is 18.1 Å². The van der Waals surface area contributed by atoms with Gasteiger partial charge in [-0.05, 0) is 53.4 Å². The quantitative estimate of drug-likeness (QED) is 0.483. The van der Waals surface area contributed by atoms with Crippen LogP contribution in [0.3, 0.4) is 0 Å². The van der Waals surface area contributed by atoms with Crippen molar-refractivity contribution in [2.45, 2.75) is 37.3 Å². The molecule has 0 saturated heterocycles. The Labute approximate surface area is 195 Å². The number of carbonyl (C=O) groups excluding carboxylic acids is 1. The molecule has 0 fully saturated rings. The average molecular weight is 493 g/mol. The second kappa shape index (κ2) is 9.09. The number of amides is 1. The molecule has 0 saturated carbocycles. The van der Waals surface area contributed by atoms with E-state index in [1.54, 1.807) is 6.07 Å². The van der Waals surface area contributed by atoms with Crippen molar-refractivity contribution in [3.05, 3.63) is 77.5 Å². The van der Waals surface area contributed by atoms with Gasteiger partial charge in [-0.25, -0.2) is 13.4 Å². The predicted octanol–water partition coefficient (Wildman–Crippen LogP) is 5.85. The highest BCUT2D eigenvalue weighted by Gasteiger charge is 2.35. The molecule has 0 spiro atoms. The maximum Gasteiger partial charge on any atom is 0.421 e. The number of sulfone groups is 1. The number of benzene rings is 2. The second-order valence-corrected chi connectivity index (χ2v) is 10.7. The summed E-state index contributed by atoms with van der Waals surface area (Å²) < 4.78 is 69.5. The molecule has 180 valence electrons. The standard InChI is InChI=1S/C24H23F3N2O4S/c1-23(2,3)15-10-11-18(21(30)29-16-7-5-8-17(14-16)34(4,31)32)20(13-15)33-22-19(24(25,26)27)9-6-12-28-22/h5-14H,1-4H3,(H,29,30). The fourth-order valence-corrected chi connectivity index (χ4v) is 3.72. The molecule has 0 aliphatic heterocycles. The summed E-state index contributed by atoms with van der Waals surface area (Å²) in [4.78, 5) is 16.8. The molecule has 34 heavy (non-hydrogen) atoms. The van der Waals surface area contributed by atoms with Gasteiger partial charge < -0.3 is 10.1 Å². The molecule has 1 amide bonds. The van der Waals surface area contributed by atoms with E-state index in [1.165, 1.54) is 36.4 Å². The molecule has 1 heterocycles. The first-order chi connectivity index (χ1) is 15.7. The molecule has 3 rings (SSSR count). The molecule has 6 nitrogen and oxygen atoms in total. The number of pyridine rings is 1. The number of hydrogen-bond donors (Lipinski definition) is 1. The summed E-state index contributed by atoms with van der Waals surface area (Å²) in [5.74, 6) is -1.49. The number of ether oxygens (including phenoxy) is 1. The first-order valence-electron chi connectivity index (χ1n) is 10.1. The molecule has 0 bridgehead atoms. The van der Waals surface area contributed by atoms with Crippen molar-refractivity contribution in [2.24, 2.45) is 0 Å². The van der Waals surface area contributed by atoms with Crippen molar-refractivity contribution in [1.82, 2.24) is 4.98 Å². The third-order valence-corrected chi connectivity index (χ3v) is 6.01. The van der Waals surface area contributed by atoms with Crippen LogP contribution in [-0.2, 0) is 21.4 Å². The number of nitrogens with one attached hydrogen (secondary N) is 1. The smallest absolute Gasteiger partial charge is 0.421 e. The fourth-order valence-electron chi connectivity index (χ4n) is 3.06. The molecule has 3 aromatic rings.